The van der Waals surface area contributed by atoms with Gasteiger partial charge in [-0.25, -0.2) is 0 Å². The van der Waals surface area contributed by atoms with Crippen LogP contribution in [0, 0.1) is 0 Å². The number of carbonyl (C=O) groups excluding carboxylic acids is 2. The molecular weight excluding hydrogens is 450 g/mol. The van der Waals surface area contributed by atoms with E-state index in [9.17, 15) is 19.8 Å². The number of rotatable bonds is 10. The maximum atomic E-state index is 13.3. The highest BCUT2D eigenvalue weighted by Crippen LogP contribution is 2.47. The molecule has 0 aromatic heterocycles. The third-order valence-corrected chi connectivity index (χ3v) is 6.88. The van der Waals surface area contributed by atoms with Crippen LogP contribution in [0.1, 0.15) is 24.3 Å². The fourth-order valence-electron chi connectivity index (χ4n) is 5.07. The quantitative estimate of drug-likeness (QED) is 0.412. The van der Waals surface area contributed by atoms with E-state index in [2.05, 4.69) is 16.8 Å². The molecule has 190 valence electrons. The zero-order chi connectivity index (χ0) is 24.8. The number of nitrogens with one attached hydrogen (secondary N) is 1. The van der Waals surface area contributed by atoms with Gasteiger partial charge in [0.05, 0.1) is 31.8 Å². The smallest absolute Gasteiger partial charge is 0.247 e. The highest BCUT2D eigenvalue weighted by molar-refractivity contribution is 5.96. The van der Waals surface area contributed by atoms with Gasteiger partial charge in [0.25, 0.3) is 0 Å². The minimum absolute atomic E-state index is 0.109. The fourth-order valence-corrected chi connectivity index (χ4v) is 5.07. The minimum Gasteiger partial charge on any atom is -0.486 e. The van der Waals surface area contributed by atoms with Crippen LogP contribution in [0.4, 0.5) is 0 Å². The molecule has 2 aliphatic heterocycles. The van der Waals surface area contributed by atoms with E-state index in [1.54, 1.807) is 17.1 Å². The number of carbonyl (C=O) groups is 2. The van der Waals surface area contributed by atoms with Crippen LogP contribution in [0.15, 0.2) is 48.6 Å². The van der Waals surface area contributed by atoms with Gasteiger partial charge in [-0.1, -0.05) is 24.3 Å². The van der Waals surface area contributed by atoms with Crippen molar-refractivity contribution in [3.05, 3.63) is 54.1 Å². The monoisotopic (exact) mass is 485 g/mol. The van der Waals surface area contributed by atoms with Crippen molar-refractivity contribution >= 4 is 11.8 Å². The average molecular weight is 486 g/mol. The van der Waals surface area contributed by atoms with Crippen molar-refractivity contribution in [1.29, 1.82) is 0 Å². The van der Waals surface area contributed by atoms with Crippen molar-refractivity contribution < 1.29 is 29.3 Å². The van der Waals surface area contributed by atoms with E-state index in [0.717, 1.165) is 18.7 Å². The first-order chi connectivity index (χ1) is 17.0. The summed E-state index contributed by atoms with van der Waals surface area (Å²) >= 11 is 0. The molecule has 0 radical (unpaired) electrons. The second-order valence-electron chi connectivity index (χ2n) is 9.05. The van der Waals surface area contributed by atoms with Crippen LogP contribution in [-0.2, 0) is 14.3 Å². The summed E-state index contributed by atoms with van der Waals surface area (Å²) in [6.07, 6.45) is 2.50. The molecule has 9 heteroatoms. The number of benzene rings is 1. The fraction of sp³-hybridized carbons (Fsp3) is 0.538. The van der Waals surface area contributed by atoms with Crippen LogP contribution in [0.2, 0.25) is 0 Å². The normalized spacial score (nSPS) is 25.6. The number of hydrogen-bond donors (Lipinski definition) is 3. The highest BCUT2D eigenvalue weighted by Gasteiger charge is 2.50. The van der Waals surface area contributed by atoms with Gasteiger partial charge in [0.1, 0.15) is 18.0 Å². The van der Waals surface area contributed by atoms with Gasteiger partial charge in [-0.2, -0.15) is 0 Å². The van der Waals surface area contributed by atoms with E-state index in [0.29, 0.717) is 44.0 Å². The lowest BCUT2D eigenvalue weighted by Gasteiger charge is -2.41. The largest absolute Gasteiger partial charge is 0.486 e. The summed E-state index contributed by atoms with van der Waals surface area (Å²) in [4.78, 5) is 30.4. The highest BCUT2D eigenvalue weighted by atomic mass is 16.5. The van der Waals surface area contributed by atoms with E-state index in [1.807, 2.05) is 24.3 Å². The summed E-state index contributed by atoms with van der Waals surface area (Å²) in [6, 6.07) is 6.72. The number of ether oxygens (including phenoxy) is 2. The van der Waals surface area contributed by atoms with Gasteiger partial charge >= 0.3 is 0 Å². The predicted molar refractivity (Wildman–Crippen MR) is 130 cm³/mol. The molecule has 4 unspecified atom stereocenters. The molecule has 1 aliphatic carbocycles. The SMILES string of the molecule is C=CCCC(=O)N(CCN1CCOCC1)C1C=C(C(=O)NCCO)C2c3ccccc3OC2C1O. The third kappa shape index (κ3) is 5.59. The first-order valence-electron chi connectivity index (χ1n) is 12.3. The number of para-hydroxylation sites is 1. The Balaban J connectivity index is 1.65. The van der Waals surface area contributed by atoms with Gasteiger partial charge in [-0.3, -0.25) is 14.5 Å². The third-order valence-electron chi connectivity index (χ3n) is 6.88. The first-order valence-corrected chi connectivity index (χ1v) is 12.3. The number of amides is 2. The number of allylic oxidation sites excluding steroid dienone is 1. The Morgan fingerprint density at radius 2 is 2.03 bits per heavy atom. The Morgan fingerprint density at radius 1 is 1.26 bits per heavy atom. The Hall–Kier alpha value is -2.72. The van der Waals surface area contributed by atoms with Gasteiger partial charge in [-0.15, -0.1) is 6.58 Å². The Bertz CT molecular complexity index is 945. The molecule has 1 saturated heterocycles. The molecule has 1 aromatic carbocycles. The molecule has 9 nitrogen and oxygen atoms in total. The summed E-state index contributed by atoms with van der Waals surface area (Å²) < 4.78 is 11.6. The van der Waals surface area contributed by atoms with Crippen molar-refractivity contribution in [2.75, 3.05) is 52.5 Å². The van der Waals surface area contributed by atoms with E-state index in [1.165, 1.54) is 0 Å². The van der Waals surface area contributed by atoms with Crippen molar-refractivity contribution in [2.24, 2.45) is 0 Å². The van der Waals surface area contributed by atoms with Gasteiger partial charge in [-0.05, 0) is 18.6 Å². The lowest BCUT2D eigenvalue weighted by Crippen LogP contribution is -2.57. The molecule has 1 aromatic rings. The Kier molecular flexibility index (Phi) is 8.56. The molecular formula is C26H35N3O6. The number of morpholine rings is 1. The maximum absolute atomic E-state index is 13.3. The molecule has 3 aliphatic rings. The molecule has 2 heterocycles. The number of aliphatic hydroxyl groups excluding tert-OH is 2. The lowest BCUT2D eigenvalue weighted by atomic mass is 9.77. The van der Waals surface area contributed by atoms with Crippen LogP contribution in [0.25, 0.3) is 0 Å². The number of hydrogen-bond acceptors (Lipinski definition) is 7. The van der Waals surface area contributed by atoms with Crippen molar-refractivity contribution in [2.45, 2.75) is 37.0 Å². The number of fused-ring (bicyclic) bond motifs is 3. The molecule has 1 fully saturated rings. The van der Waals surface area contributed by atoms with Crippen molar-refractivity contribution in [3.8, 4) is 5.75 Å². The van der Waals surface area contributed by atoms with Crippen LogP contribution in [0.3, 0.4) is 0 Å². The predicted octanol–water partition coefficient (Wildman–Crippen LogP) is 0.436. The minimum atomic E-state index is -1.01. The lowest BCUT2D eigenvalue weighted by molar-refractivity contribution is -0.137. The van der Waals surface area contributed by atoms with Crippen LogP contribution >= 0.6 is 0 Å². The Labute approximate surface area is 206 Å². The molecule has 4 atom stereocenters. The first kappa shape index (κ1) is 25.4. The van der Waals surface area contributed by atoms with Crippen LogP contribution in [0.5, 0.6) is 5.75 Å². The topological polar surface area (TPSA) is 112 Å². The zero-order valence-electron chi connectivity index (χ0n) is 20.0. The van der Waals surface area contributed by atoms with Gasteiger partial charge < -0.3 is 29.9 Å². The molecule has 0 saturated carbocycles. The number of aliphatic hydroxyl groups is 2. The van der Waals surface area contributed by atoms with Crippen LogP contribution in [-0.4, -0.2) is 103 Å². The second-order valence-corrected chi connectivity index (χ2v) is 9.05. The molecule has 35 heavy (non-hydrogen) atoms. The molecule has 4 rings (SSSR count). The van der Waals surface area contributed by atoms with Crippen molar-refractivity contribution in [1.82, 2.24) is 15.1 Å². The summed E-state index contributed by atoms with van der Waals surface area (Å²) in [5.74, 6) is -0.276. The molecule has 3 N–H and O–H groups in total. The van der Waals surface area contributed by atoms with Crippen LogP contribution < -0.4 is 10.1 Å². The average Bonchev–Trinajstić information content (AvgIpc) is 3.28. The molecule has 0 bridgehead atoms. The zero-order valence-corrected chi connectivity index (χ0v) is 20.0. The van der Waals surface area contributed by atoms with E-state index in [4.69, 9.17) is 9.47 Å². The summed E-state index contributed by atoms with van der Waals surface area (Å²) in [6.45, 7) is 7.58. The van der Waals surface area contributed by atoms with E-state index in [-0.39, 0.29) is 31.4 Å². The van der Waals surface area contributed by atoms with Crippen molar-refractivity contribution in [3.63, 3.8) is 0 Å². The second kappa shape index (κ2) is 11.8. The maximum Gasteiger partial charge on any atom is 0.247 e. The molecule has 2 amide bonds. The summed E-state index contributed by atoms with van der Waals surface area (Å²) in [5.41, 5.74) is 1.27. The standard InChI is InChI=1S/C26H35N3O6/c1-2-3-8-22(31)29(11-10-28-12-15-34-16-13-28)20-17-19(26(33)27-9-14-30)23-18-6-4-5-7-21(18)35-25(23)24(20)32/h2,4-7,17,20,23-25,30,32H,1,3,8-16H2,(H,27,33). The van der Waals surface area contributed by atoms with E-state index < -0.39 is 24.2 Å². The Morgan fingerprint density at radius 3 is 2.77 bits per heavy atom. The summed E-state index contributed by atoms with van der Waals surface area (Å²) in [7, 11) is 0. The van der Waals surface area contributed by atoms with Gasteiger partial charge in [0.15, 0.2) is 0 Å². The number of nitrogens with zero attached hydrogens (tertiary/aromatic N) is 2. The van der Waals surface area contributed by atoms with Gasteiger partial charge in [0, 0.05) is 50.3 Å². The van der Waals surface area contributed by atoms with Gasteiger partial charge in [0.2, 0.25) is 11.8 Å². The summed E-state index contributed by atoms with van der Waals surface area (Å²) in [5, 5.41) is 23.4. The van der Waals surface area contributed by atoms with E-state index >= 15 is 0 Å². The molecule has 0 spiro atoms.